The van der Waals surface area contributed by atoms with Crippen molar-refractivity contribution in [3.05, 3.63) is 0 Å². The molecule has 0 aromatic rings. The van der Waals surface area contributed by atoms with Gasteiger partial charge in [0.2, 0.25) is 10.0 Å². The summed E-state index contributed by atoms with van der Waals surface area (Å²) in [5.74, 6) is 0.652. The molecule has 0 aromatic carbocycles. The van der Waals surface area contributed by atoms with Crippen molar-refractivity contribution in [2.45, 2.75) is 70.1 Å². The van der Waals surface area contributed by atoms with Gasteiger partial charge in [-0.1, -0.05) is 26.1 Å². The summed E-state index contributed by atoms with van der Waals surface area (Å²) in [5, 5.41) is -0.805. The highest BCUT2D eigenvalue weighted by Crippen LogP contribution is 2.66. The van der Waals surface area contributed by atoms with Crippen LogP contribution in [0.1, 0.15) is 59.3 Å². The summed E-state index contributed by atoms with van der Waals surface area (Å²) >= 11 is 4.88. The maximum absolute atomic E-state index is 12.6. The smallest absolute Gasteiger partial charge is 0.221 e. The van der Waals surface area contributed by atoms with Crippen LogP contribution in [0.2, 0.25) is 0 Å². The summed E-state index contributed by atoms with van der Waals surface area (Å²) in [6, 6.07) is 0. The molecule has 21 heavy (non-hydrogen) atoms. The Hall–Kier alpha value is -0.200. The quantitative estimate of drug-likeness (QED) is 0.776. The van der Waals surface area contributed by atoms with E-state index in [0.717, 1.165) is 19.3 Å². The van der Waals surface area contributed by atoms with Crippen molar-refractivity contribution in [3.8, 4) is 0 Å². The van der Waals surface area contributed by atoms with Crippen molar-refractivity contribution in [1.29, 1.82) is 0 Å². The van der Waals surface area contributed by atoms with E-state index in [-0.39, 0.29) is 21.4 Å². The van der Waals surface area contributed by atoms with Gasteiger partial charge in [0.25, 0.3) is 0 Å². The Morgan fingerprint density at radius 2 is 1.71 bits per heavy atom. The normalized spacial score (nSPS) is 46.5. The molecule has 0 spiro atoms. The van der Waals surface area contributed by atoms with Gasteiger partial charge in [-0.3, -0.25) is 0 Å². The molecule has 4 saturated carbocycles. The molecule has 0 saturated heterocycles. The van der Waals surface area contributed by atoms with Crippen LogP contribution in [-0.4, -0.2) is 24.2 Å². The Morgan fingerprint density at radius 3 is 2.14 bits per heavy atom. The highest BCUT2D eigenvalue weighted by atomic mass is 32.2. The molecule has 0 aromatic heterocycles. The van der Waals surface area contributed by atoms with E-state index in [1.807, 2.05) is 0 Å². The van der Waals surface area contributed by atoms with Crippen LogP contribution in [0.5, 0.6) is 0 Å². The molecule has 0 amide bonds. The predicted octanol–water partition coefficient (Wildman–Crippen LogP) is 2.33. The van der Waals surface area contributed by atoms with Gasteiger partial charge in [0.15, 0.2) is 0 Å². The Balaban J connectivity index is 1.90. The molecule has 0 radical (unpaired) electrons. The first-order chi connectivity index (χ1) is 9.47. The maximum Gasteiger partial charge on any atom is 0.221 e. The molecule has 120 valence electrons. The standard InChI is InChI=1S/C15H26N2O2S2/c1-10(12(16)20)21(18,19)17-15-6-11-4-13(2,8-15)7-14(3,5-11)9-15/h10-11,17H,4-9H2,1-3H3,(H2,16,20). The number of thiocarbonyl (C=S) groups is 1. The minimum absolute atomic E-state index is 0.0460. The van der Waals surface area contributed by atoms with Crippen LogP contribution < -0.4 is 10.5 Å². The van der Waals surface area contributed by atoms with E-state index >= 15 is 0 Å². The van der Waals surface area contributed by atoms with Crippen LogP contribution in [0.15, 0.2) is 0 Å². The van der Waals surface area contributed by atoms with Crippen LogP contribution in [0.4, 0.5) is 0 Å². The van der Waals surface area contributed by atoms with Crippen molar-refractivity contribution in [2.24, 2.45) is 22.5 Å². The first kappa shape index (κ1) is 15.7. The van der Waals surface area contributed by atoms with Crippen LogP contribution >= 0.6 is 12.2 Å². The lowest BCUT2D eigenvalue weighted by Crippen LogP contribution is -2.66. The molecule has 4 aliphatic carbocycles. The summed E-state index contributed by atoms with van der Waals surface area (Å²) < 4.78 is 28.2. The van der Waals surface area contributed by atoms with Gasteiger partial charge < -0.3 is 5.73 Å². The first-order valence-corrected chi connectivity index (χ1v) is 9.74. The van der Waals surface area contributed by atoms with Crippen molar-refractivity contribution in [3.63, 3.8) is 0 Å². The highest BCUT2D eigenvalue weighted by Gasteiger charge is 2.61. The molecule has 4 rings (SSSR count). The lowest BCUT2D eigenvalue weighted by Gasteiger charge is -2.65. The van der Waals surface area contributed by atoms with Gasteiger partial charge >= 0.3 is 0 Å². The molecule has 6 heteroatoms. The van der Waals surface area contributed by atoms with E-state index in [1.165, 1.54) is 19.3 Å². The molecule has 4 fully saturated rings. The fraction of sp³-hybridized carbons (Fsp3) is 0.933. The minimum atomic E-state index is -3.49. The zero-order valence-electron chi connectivity index (χ0n) is 13.1. The van der Waals surface area contributed by atoms with E-state index in [4.69, 9.17) is 18.0 Å². The van der Waals surface area contributed by atoms with Crippen molar-refractivity contribution in [2.75, 3.05) is 0 Å². The van der Waals surface area contributed by atoms with E-state index in [0.29, 0.717) is 5.92 Å². The largest absolute Gasteiger partial charge is 0.392 e. The Kier molecular flexibility index (Phi) is 3.30. The predicted molar refractivity (Wildman–Crippen MR) is 88.4 cm³/mol. The number of rotatable bonds is 4. The average molecular weight is 331 g/mol. The zero-order chi connectivity index (χ0) is 15.7. The monoisotopic (exact) mass is 330 g/mol. The second-order valence-corrected chi connectivity index (χ2v) is 11.1. The van der Waals surface area contributed by atoms with Crippen LogP contribution in [-0.2, 0) is 10.0 Å². The fourth-order valence-electron chi connectivity index (χ4n) is 6.10. The molecule has 4 bridgehead atoms. The molecule has 0 aliphatic heterocycles. The Bertz CT molecular complexity index is 568. The van der Waals surface area contributed by atoms with Crippen molar-refractivity contribution < 1.29 is 8.42 Å². The average Bonchev–Trinajstić information content (AvgIpc) is 2.20. The summed E-state index contributed by atoms with van der Waals surface area (Å²) in [6.07, 6.45) is 6.60. The SMILES string of the molecule is CC(C(N)=S)S(=O)(=O)NC12CC3CC(C)(CC(C)(C3)C1)C2. The number of nitrogens with one attached hydrogen (secondary N) is 1. The number of sulfonamides is 1. The third-order valence-corrected chi connectivity index (χ3v) is 8.26. The molecule has 3 unspecified atom stereocenters. The highest BCUT2D eigenvalue weighted by molar-refractivity contribution is 7.93. The van der Waals surface area contributed by atoms with Crippen LogP contribution in [0, 0.1) is 16.7 Å². The van der Waals surface area contributed by atoms with Gasteiger partial charge in [0.1, 0.15) is 5.25 Å². The zero-order valence-corrected chi connectivity index (χ0v) is 14.7. The number of hydrogen-bond donors (Lipinski definition) is 2. The van der Waals surface area contributed by atoms with Gasteiger partial charge in [-0.15, -0.1) is 0 Å². The molecule has 3 atom stereocenters. The molecule has 4 nitrogen and oxygen atoms in total. The number of nitrogens with two attached hydrogens (primary N) is 1. The van der Waals surface area contributed by atoms with Gasteiger partial charge in [-0.05, 0) is 62.2 Å². The number of hydrogen-bond acceptors (Lipinski definition) is 3. The van der Waals surface area contributed by atoms with Crippen molar-refractivity contribution >= 4 is 27.2 Å². The minimum Gasteiger partial charge on any atom is -0.392 e. The van der Waals surface area contributed by atoms with E-state index in [9.17, 15) is 8.42 Å². The van der Waals surface area contributed by atoms with E-state index in [2.05, 4.69) is 18.6 Å². The summed E-state index contributed by atoms with van der Waals surface area (Å²) in [7, 11) is -3.49. The van der Waals surface area contributed by atoms with Crippen molar-refractivity contribution in [1.82, 2.24) is 4.72 Å². The van der Waals surface area contributed by atoms with Gasteiger partial charge in [-0.25, -0.2) is 13.1 Å². The third-order valence-electron chi connectivity index (χ3n) is 5.85. The lowest BCUT2D eigenvalue weighted by molar-refractivity contribution is -0.110. The fourth-order valence-corrected chi connectivity index (χ4v) is 7.80. The topological polar surface area (TPSA) is 72.2 Å². The molecular weight excluding hydrogens is 304 g/mol. The maximum atomic E-state index is 12.6. The van der Waals surface area contributed by atoms with E-state index in [1.54, 1.807) is 6.92 Å². The van der Waals surface area contributed by atoms with Crippen LogP contribution in [0.25, 0.3) is 0 Å². The Labute approximate surface area is 133 Å². The van der Waals surface area contributed by atoms with Gasteiger partial charge in [0, 0.05) is 5.54 Å². The van der Waals surface area contributed by atoms with Gasteiger partial charge in [0.05, 0.1) is 4.99 Å². The second kappa shape index (κ2) is 4.42. The summed E-state index contributed by atoms with van der Waals surface area (Å²) in [6.45, 7) is 6.24. The third kappa shape index (κ3) is 2.63. The lowest BCUT2D eigenvalue weighted by atomic mass is 9.43. The van der Waals surface area contributed by atoms with E-state index < -0.39 is 15.3 Å². The van der Waals surface area contributed by atoms with Crippen LogP contribution in [0.3, 0.4) is 0 Å². The molecular formula is C15H26N2O2S2. The molecule has 0 heterocycles. The summed E-state index contributed by atoms with van der Waals surface area (Å²) in [5.41, 5.74) is 5.84. The second-order valence-electron chi connectivity index (χ2n) is 8.60. The van der Waals surface area contributed by atoms with Gasteiger partial charge in [-0.2, -0.15) is 0 Å². The first-order valence-electron chi connectivity index (χ1n) is 7.79. The Morgan fingerprint density at radius 1 is 1.19 bits per heavy atom. The molecule has 4 aliphatic rings. The summed E-state index contributed by atoms with van der Waals surface area (Å²) in [4.78, 5) is 0.0460. The molecule has 3 N–H and O–H groups in total.